The molecule has 176 valence electrons. The van der Waals surface area contributed by atoms with Gasteiger partial charge in [0.2, 0.25) is 0 Å². The van der Waals surface area contributed by atoms with Gasteiger partial charge >= 0.3 is 0 Å². The molecule has 9 heteroatoms. The third-order valence-electron chi connectivity index (χ3n) is 5.58. The van der Waals surface area contributed by atoms with Crippen LogP contribution in [0.3, 0.4) is 0 Å². The van der Waals surface area contributed by atoms with Gasteiger partial charge in [0.25, 0.3) is 11.8 Å². The van der Waals surface area contributed by atoms with Crippen LogP contribution in [0, 0.1) is 5.82 Å². The highest BCUT2D eigenvalue weighted by Crippen LogP contribution is 2.21. The van der Waals surface area contributed by atoms with Crippen LogP contribution in [0.1, 0.15) is 26.3 Å². The van der Waals surface area contributed by atoms with E-state index in [2.05, 4.69) is 25.6 Å². The maximum Gasteiger partial charge on any atom is 0.292 e. The topological polar surface area (TPSA) is 75.7 Å². The molecule has 3 aromatic rings. The lowest BCUT2D eigenvalue weighted by molar-refractivity contribution is 0.0746. The van der Waals surface area contributed by atoms with E-state index in [0.29, 0.717) is 41.8 Å². The number of carbonyl (C=O) groups excluding carboxylic acids is 2. The van der Waals surface area contributed by atoms with Crippen LogP contribution >= 0.6 is 15.9 Å². The molecule has 0 saturated carbocycles. The van der Waals surface area contributed by atoms with Crippen LogP contribution in [0.25, 0.3) is 0 Å². The normalized spacial score (nSPS) is 14.6. The first-order valence-corrected chi connectivity index (χ1v) is 12.8. The monoisotopic (exact) mass is 543 g/mol. The average Bonchev–Trinajstić information content (AvgIpc) is 2.86. The number of rotatable bonds is 6. The summed E-state index contributed by atoms with van der Waals surface area (Å²) in [4.78, 5) is 29.0. The zero-order valence-corrected chi connectivity index (χ0v) is 20.6. The Bertz CT molecular complexity index is 1160. The molecule has 1 unspecified atom stereocenters. The number of hydrogen-bond donors (Lipinski definition) is 1. The van der Waals surface area contributed by atoms with Crippen molar-refractivity contribution in [2.75, 3.05) is 31.1 Å². The predicted octanol–water partition coefficient (Wildman–Crippen LogP) is 4.14. The lowest BCUT2D eigenvalue weighted by Gasteiger charge is -2.36. The summed E-state index contributed by atoms with van der Waals surface area (Å²) in [5.74, 6) is -0.794. The fraction of sp³-hybridized carbons (Fsp3) is 0.200. The van der Waals surface area contributed by atoms with Gasteiger partial charge in [-0.15, -0.1) is 0 Å². The second kappa shape index (κ2) is 11.0. The second-order valence-electron chi connectivity index (χ2n) is 7.86. The number of anilines is 1. The number of benzene rings is 3. The van der Waals surface area contributed by atoms with E-state index < -0.39 is 23.1 Å². The van der Waals surface area contributed by atoms with Gasteiger partial charge in [0.05, 0.1) is 15.8 Å². The van der Waals surface area contributed by atoms with Crippen molar-refractivity contribution < 1.29 is 18.5 Å². The van der Waals surface area contributed by atoms with Gasteiger partial charge in [-0.1, -0.05) is 30.3 Å². The number of piperazine rings is 1. The molecule has 1 saturated heterocycles. The van der Waals surface area contributed by atoms with E-state index in [4.69, 9.17) is 0 Å². The van der Waals surface area contributed by atoms with E-state index in [9.17, 15) is 18.5 Å². The first-order chi connectivity index (χ1) is 16.4. The number of nitrogens with one attached hydrogen (secondary N) is 1. The molecule has 0 spiro atoms. The third kappa shape index (κ3) is 5.97. The van der Waals surface area contributed by atoms with Crippen molar-refractivity contribution in [2.45, 2.75) is 5.75 Å². The summed E-state index contributed by atoms with van der Waals surface area (Å²) in [5.41, 5.74) is 2.58. The molecule has 4 rings (SSSR count). The van der Waals surface area contributed by atoms with E-state index in [1.54, 1.807) is 23.1 Å². The lowest BCUT2D eigenvalue weighted by atomic mass is 10.1. The molecule has 0 bridgehead atoms. The molecule has 6 nitrogen and oxygen atoms in total. The van der Waals surface area contributed by atoms with Crippen molar-refractivity contribution in [1.29, 1.82) is 0 Å². The van der Waals surface area contributed by atoms with E-state index in [0.717, 1.165) is 11.3 Å². The molecule has 1 atom stereocenters. The minimum atomic E-state index is -1.51. The van der Waals surface area contributed by atoms with Gasteiger partial charge in [0.15, 0.2) is 5.75 Å². The van der Waals surface area contributed by atoms with E-state index in [1.807, 2.05) is 42.5 Å². The highest BCUT2D eigenvalue weighted by molar-refractivity contribution is 9.10. The standard InChI is InChI=1S/C25H23BrFN3O3S/c26-22-11-8-20(16-23(22)27)25(32)30-14-12-29(13-15-30)21-9-6-19(7-10-21)24(31)28-34(33)17-18-4-2-1-3-5-18/h1-11,16H,12-15,17H2,(H,28,31). The van der Waals surface area contributed by atoms with E-state index >= 15 is 0 Å². The van der Waals surface area contributed by atoms with Crippen molar-refractivity contribution >= 4 is 44.8 Å². The van der Waals surface area contributed by atoms with Gasteiger partial charge < -0.3 is 14.4 Å². The van der Waals surface area contributed by atoms with Crippen LogP contribution < -0.4 is 9.62 Å². The summed E-state index contributed by atoms with van der Waals surface area (Å²) in [6, 6.07) is 20.8. The van der Waals surface area contributed by atoms with Crippen LogP contribution in [0.2, 0.25) is 0 Å². The van der Waals surface area contributed by atoms with Gasteiger partial charge in [0.1, 0.15) is 5.82 Å². The molecule has 1 aliphatic rings. The average molecular weight is 544 g/mol. The van der Waals surface area contributed by atoms with Crippen molar-refractivity contribution in [3.8, 4) is 0 Å². The van der Waals surface area contributed by atoms with Gasteiger partial charge in [-0.2, -0.15) is 4.72 Å². The fourth-order valence-electron chi connectivity index (χ4n) is 3.73. The number of amides is 2. The number of hydrogen-bond acceptors (Lipinski definition) is 4. The molecule has 0 aliphatic carbocycles. The first-order valence-electron chi connectivity index (χ1n) is 10.7. The largest absolute Gasteiger partial charge is 0.593 e. The van der Waals surface area contributed by atoms with E-state index in [1.165, 1.54) is 12.1 Å². The van der Waals surface area contributed by atoms with Crippen molar-refractivity contribution in [3.63, 3.8) is 0 Å². The predicted molar refractivity (Wildman–Crippen MR) is 134 cm³/mol. The number of halogens is 2. The third-order valence-corrected chi connectivity index (χ3v) is 7.23. The zero-order valence-electron chi connectivity index (χ0n) is 18.2. The summed E-state index contributed by atoms with van der Waals surface area (Å²) in [6.07, 6.45) is 0. The molecule has 1 N–H and O–H groups in total. The highest BCUT2D eigenvalue weighted by atomic mass is 79.9. The van der Waals surface area contributed by atoms with Crippen LogP contribution in [0.15, 0.2) is 77.3 Å². The molecule has 1 aliphatic heterocycles. The quantitative estimate of drug-likeness (QED) is 0.474. The SMILES string of the molecule is O=C(N[S+]([O-])Cc1ccccc1)c1ccc(N2CCN(C(=O)c3ccc(Br)c(F)c3)CC2)cc1. The Morgan fingerprint density at radius 1 is 0.941 bits per heavy atom. The minimum Gasteiger partial charge on any atom is -0.593 e. The number of nitrogens with zero attached hydrogens (tertiary/aromatic N) is 2. The Kier molecular flexibility index (Phi) is 7.87. The molecule has 3 aromatic carbocycles. The lowest BCUT2D eigenvalue weighted by Crippen LogP contribution is -2.48. The maximum atomic E-state index is 13.8. The first kappa shape index (κ1) is 24.3. The molecular weight excluding hydrogens is 521 g/mol. The van der Waals surface area contributed by atoms with Gasteiger partial charge in [-0.05, 0) is 58.4 Å². The van der Waals surface area contributed by atoms with E-state index in [-0.39, 0.29) is 11.7 Å². The van der Waals surface area contributed by atoms with Crippen molar-refractivity contribution in [3.05, 3.63) is 99.8 Å². The Balaban J connectivity index is 1.30. The van der Waals surface area contributed by atoms with Gasteiger partial charge in [-0.3, -0.25) is 9.59 Å². The fourth-order valence-corrected chi connectivity index (χ4v) is 4.87. The minimum absolute atomic E-state index is 0.193. The van der Waals surface area contributed by atoms with Gasteiger partial charge in [0, 0.05) is 48.6 Å². The van der Waals surface area contributed by atoms with Crippen molar-refractivity contribution in [2.24, 2.45) is 0 Å². The molecule has 1 heterocycles. The molecule has 1 fully saturated rings. The summed E-state index contributed by atoms with van der Waals surface area (Å²) in [5, 5.41) is 0. The Hall–Kier alpha value is -2.88. The zero-order chi connectivity index (χ0) is 24.1. The molecule has 2 amide bonds. The molecule has 0 radical (unpaired) electrons. The Morgan fingerprint density at radius 2 is 1.59 bits per heavy atom. The van der Waals surface area contributed by atoms with Crippen LogP contribution in [0.5, 0.6) is 0 Å². The van der Waals surface area contributed by atoms with Crippen LogP contribution in [0.4, 0.5) is 10.1 Å². The smallest absolute Gasteiger partial charge is 0.292 e. The molecule has 0 aromatic heterocycles. The Labute approximate surface area is 209 Å². The van der Waals surface area contributed by atoms with Crippen molar-refractivity contribution in [1.82, 2.24) is 9.62 Å². The summed E-state index contributed by atoms with van der Waals surface area (Å²) in [6.45, 7) is 2.27. The molecular formula is C25H23BrFN3O3S. The highest BCUT2D eigenvalue weighted by Gasteiger charge is 2.23. The van der Waals surface area contributed by atoms with Crippen LogP contribution in [-0.2, 0) is 17.1 Å². The Morgan fingerprint density at radius 3 is 2.24 bits per heavy atom. The van der Waals surface area contributed by atoms with Crippen LogP contribution in [-0.4, -0.2) is 47.4 Å². The summed E-state index contributed by atoms with van der Waals surface area (Å²) >= 11 is 1.59. The second-order valence-corrected chi connectivity index (χ2v) is 9.90. The maximum absolute atomic E-state index is 13.8. The van der Waals surface area contributed by atoms with Gasteiger partial charge in [-0.25, -0.2) is 4.39 Å². The molecule has 34 heavy (non-hydrogen) atoms. The summed E-state index contributed by atoms with van der Waals surface area (Å²) in [7, 11) is 0. The number of carbonyl (C=O) groups is 2. The summed E-state index contributed by atoms with van der Waals surface area (Å²) < 4.78 is 28.9.